The van der Waals surface area contributed by atoms with Crippen LogP contribution in [0, 0.1) is 0 Å². The third kappa shape index (κ3) is 6.95. The number of hydrogen-bond donors (Lipinski definition) is 1. The minimum Gasteiger partial charge on any atom is -0.493 e. The molecule has 0 bridgehead atoms. The first-order valence-corrected chi connectivity index (χ1v) is 10.4. The van der Waals surface area contributed by atoms with Crippen LogP contribution in [0.4, 0.5) is 0 Å². The zero-order valence-electron chi connectivity index (χ0n) is 18.9. The van der Waals surface area contributed by atoms with Crippen LogP contribution >= 0.6 is 0 Å². The van der Waals surface area contributed by atoms with E-state index in [1.165, 1.54) is 16.7 Å². The van der Waals surface area contributed by atoms with E-state index in [0.717, 1.165) is 43.5 Å². The van der Waals surface area contributed by atoms with Gasteiger partial charge in [0.25, 0.3) is 0 Å². The van der Waals surface area contributed by atoms with E-state index >= 15 is 0 Å². The lowest BCUT2D eigenvalue weighted by atomic mass is 10.1. The van der Waals surface area contributed by atoms with Crippen molar-refractivity contribution in [3.8, 4) is 11.5 Å². The van der Waals surface area contributed by atoms with Gasteiger partial charge in [0.15, 0.2) is 17.5 Å². The first-order chi connectivity index (χ1) is 14.6. The Hall–Kier alpha value is -2.73. The minimum absolute atomic E-state index is 0.638. The van der Waals surface area contributed by atoms with Crippen LogP contribution in [-0.2, 0) is 24.3 Å². The van der Waals surface area contributed by atoms with Gasteiger partial charge in [-0.1, -0.05) is 37.3 Å². The molecular weight excluding hydrogens is 378 g/mol. The molecule has 164 valence electrons. The first-order valence-electron chi connectivity index (χ1n) is 10.4. The topological polar surface area (TPSA) is 55.3 Å². The Morgan fingerprint density at radius 1 is 1.03 bits per heavy atom. The van der Waals surface area contributed by atoms with Crippen molar-refractivity contribution >= 4 is 5.96 Å². The molecule has 0 saturated heterocycles. The van der Waals surface area contributed by atoms with E-state index < -0.39 is 0 Å². The smallest absolute Gasteiger partial charge is 0.193 e. The van der Waals surface area contributed by atoms with Crippen molar-refractivity contribution in [3.05, 3.63) is 59.2 Å². The van der Waals surface area contributed by atoms with Gasteiger partial charge in [-0.15, -0.1) is 0 Å². The molecule has 0 saturated carbocycles. The largest absolute Gasteiger partial charge is 0.493 e. The minimum atomic E-state index is 0.638. The van der Waals surface area contributed by atoms with Crippen LogP contribution in [0.15, 0.2) is 47.5 Å². The molecule has 0 aliphatic carbocycles. The van der Waals surface area contributed by atoms with E-state index in [0.29, 0.717) is 13.2 Å². The second-order valence-corrected chi connectivity index (χ2v) is 7.08. The van der Waals surface area contributed by atoms with Crippen molar-refractivity contribution in [3.63, 3.8) is 0 Å². The van der Waals surface area contributed by atoms with Crippen LogP contribution in [0.25, 0.3) is 0 Å². The summed E-state index contributed by atoms with van der Waals surface area (Å²) in [4.78, 5) is 6.57. The summed E-state index contributed by atoms with van der Waals surface area (Å²) in [5, 5.41) is 3.47. The summed E-state index contributed by atoms with van der Waals surface area (Å²) in [6.07, 6.45) is 1.90. The molecule has 0 atom stereocenters. The Morgan fingerprint density at radius 3 is 2.43 bits per heavy atom. The Morgan fingerprint density at radius 2 is 1.77 bits per heavy atom. The number of rotatable bonds is 11. The van der Waals surface area contributed by atoms with Gasteiger partial charge in [-0.05, 0) is 41.7 Å². The van der Waals surface area contributed by atoms with Gasteiger partial charge < -0.3 is 24.4 Å². The zero-order chi connectivity index (χ0) is 21.8. The quantitative estimate of drug-likeness (QED) is 0.344. The lowest BCUT2D eigenvalue weighted by Crippen LogP contribution is -2.39. The van der Waals surface area contributed by atoms with Gasteiger partial charge >= 0.3 is 0 Å². The second-order valence-electron chi connectivity index (χ2n) is 7.08. The highest BCUT2D eigenvalue weighted by Crippen LogP contribution is 2.27. The fraction of sp³-hybridized carbons (Fsp3) is 0.458. The van der Waals surface area contributed by atoms with Crippen LogP contribution in [-0.4, -0.2) is 52.3 Å². The fourth-order valence-corrected chi connectivity index (χ4v) is 3.20. The molecule has 2 aromatic rings. The Balaban J connectivity index is 1.92. The first kappa shape index (κ1) is 23.5. The Labute approximate surface area is 180 Å². The fourth-order valence-electron chi connectivity index (χ4n) is 3.20. The molecule has 0 heterocycles. The number of methoxy groups -OCH3 is 2. The van der Waals surface area contributed by atoms with Gasteiger partial charge in [0.1, 0.15) is 0 Å². The Bertz CT molecular complexity index is 808. The molecule has 2 rings (SSSR count). The van der Waals surface area contributed by atoms with E-state index in [-0.39, 0.29) is 0 Å². The third-order valence-electron chi connectivity index (χ3n) is 4.92. The van der Waals surface area contributed by atoms with E-state index in [9.17, 15) is 0 Å². The van der Waals surface area contributed by atoms with Crippen LogP contribution in [0.2, 0.25) is 0 Å². The summed E-state index contributed by atoms with van der Waals surface area (Å²) in [7, 11) is 7.16. The van der Waals surface area contributed by atoms with Gasteiger partial charge in [-0.3, -0.25) is 4.99 Å². The number of guanidine groups is 1. The molecule has 0 aromatic heterocycles. The predicted octanol–water partition coefficient (Wildman–Crippen LogP) is 3.88. The molecule has 0 unspecified atom stereocenters. The van der Waals surface area contributed by atoms with Gasteiger partial charge in [-0.2, -0.15) is 0 Å². The van der Waals surface area contributed by atoms with Gasteiger partial charge in [0.05, 0.1) is 20.8 Å². The maximum absolute atomic E-state index is 5.73. The average molecular weight is 414 g/mol. The van der Waals surface area contributed by atoms with Crippen molar-refractivity contribution in [1.29, 1.82) is 0 Å². The predicted molar refractivity (Wildman–Crippen MR) is 122 cm³/mol. The molecule has 0 spiro atoms. The molecular formula is C24H35N3O3. The van der Waals surface area contributed by atoms with Crippen molar-refractivity contribution < 1.29 is 14.2 Å². The maximum atomic E-state index is 5.73. The highest BCUT2D eigenvalue weighted by Gasteiger charge is 2.10. The molecule has 30 heavy (non-hydrogen) atoms. The number of likely N-dealkylation sites (N-methyl/N-ethyl adjacent to an activating group) is 1. The SMILES string of the molecule is CCCOCc1ccccc1CNC(=NC)N(C)CCc1ccc(OC)c(OC)c1. The maximum Gasteiger partial charge on any atom is 0.193 e. The standard InChI is InChI=1S/C24H35N3O3/c1-6-15-30-18-21-10-8-7-9-20(21)17-26-24(25-2)27(3)14-13-19-11-12-22(28-4)23(16-19)29-5/h7-12,16H,6,13-15,17-18H2,1-5H3,(H,25,26). The summed E-state index contributed by atoms with van der Waals surface area (Å²) in [6.45, 7) is 5.08. The summed E-state index contributed by atoms with van der Waals surface area (Å²) >= 11 is 0. The zero-order valence-corrected chi connectivity index (χ0v) is 18.9. The number of aliphatic imine (C=N–C) groups is 1. The summed E-state index contributed by atoms with van der Waals surface area (Å²) in [5.41, 5.74) is 3.62. The monoisotopic (exact) mass is 413 g/mol. The lowest BCUT2D eigenvalue weighted by molar-refractivity contribution is 0.121. The van der Waals surface area contributed by atoms with Gasteiger partial charge in [-0.25, -0.2) is 0 Å². The number of nitrogens with zero attached hydrogens (tertiary/aromatic N) is 2. The van der Waals surface area contributed by atoms with Crippen molar-refractivity contribution in [1.82, 2.24) is 10.2 Å². The molecule has 6 heteroatoms. The number of benzene rings is 2. The molecule has 1 N–H and O–H groups in total. The molecule has 0 radical (unpaired) electrons. The second kappa shape index (κ2) is 12.8. The normalized spacial score (nSPS) is 11.3. The van der Waals surface area contributed by atoms with Crippen molar-refractivity contribution in [2.75, 3.05) is 41.5 Å². The van der Waals surface area contributed by atoms with E-state index in [4.69, 9.17) is 14.2 Å². The molecule has 0 aliphatic heterocycles. The van der Waals surface area contributed by atoms with Gasteiger partial charge in [0, 0.05) is 33.8 Å². The third-order valence-corrected chi connectivity index (χ3v) is 4.92. The van der Waals surface area contributed by atoms with Crippen molar-refractivity contribution in [2.24, 2.45) is 4.99 Å². The molecule has 0 aliphatic rings. The lowest BCUT2D eigenvalue weighted by Gasteiger charge is -2.23. The summed E-state index contributed by atoms with van der Waals surface area (Å²) in [5.74, 6) is 2.36. The van der Waals surface area contributed by atoms with Gasteiger partial charge in [0.2, 0.25) is 0 Å². The van der Waals surface area contributed by atoms with E-state index in [1.54, 1.807) is 14.2 Å². The van der Waals surface area contributed by atoms with Crippen molar-refractivity contribution in [2.45, 2.75) is 32.9 Å². The molecule has 0 fully saturated rings. The van der Waals surface area contributed by atoms with Crippen LogP contribution in [0.5, 0.6) is 11.5 Å². The summed E-state index contributed by atoms with van der Waals surface area (Å²) < 4.78 is 16.4. The number of nitrogens with one attached hydrogen (secondary N) is 1. The highest BCUT2D eigenvalue weighted by atomic mass is 16.5. The Kier molecular flexibility index (Phi) is 10.0. The molecule has 2 aromatic carbocycles. The van der Waals surface area contributed by atoms with Crippen LogP contribution in [0.3, 0.4) is 0 Å². The average Bonchev–Trinajstić information content (AvgIpc) is 2.78. The molecule has 6 nitrogen and oxygen atoms in total. The number of ether oxygens (including phenoxy) is 3. The molecule has 0 amide bonds. The highest BCUT2D eigenvalue weighted by molar-refractivity contribution is 5.79. The van der Waals surface area contributed by atoms with Crippen LogP contribution in [0.1, 0.15) is 30.0 Å². The summed E-state index contributed by atoms with van der Waals surface area (Å²) in [6, 6.07) is 14.4. The van der Waals surface area contributed by atoms with E-state index in [2.05, 4.69) is 52.5 Å². The number of hydrogen-bond acceptors (Lipinski definition) is 4. The van der Waals surface area contributed by atoms with Crippen LogP contribution < -0.4 is 14.8 Å². The van der Waals surface area contributed by atoms with E-state index in [1.807, 2.05) is 26.2 Å².